The van der Waals surface area contributed by atoms with Crippen LogP contribution in [0.25, 0.3) is 16.7 Å². The van der Waals surface area contributed by atoms with Gasteiger partial charge in [0.15, 0.2) is 5.65 Å². The maximum absolute atomic E-state index is 9.82. The van der Waals surface area contributed by atoms with Gasteiger partial charge in [0.25, 0.3) is 0 Å². The molecule has 2 heterocycles. The van der Waals surface area contributed by atoms with Gasteiger partial charge in [0.05, 0.1) is 16.6 Å². The molecule has 0 saturated heterocycles. The molecule has 3 aromatic rings. The number of hydrogen-bond acceptors (Lipinski definition) is 3. The van der Waals surface area contributed by atoms with Crippen LogP contribution in [0.2, 0.25) is 0 Å². The first-order chi connectivity index (χ1) is 13.7. The summed E-state index contributed by atoms with van der Waals surface area (Å²) < 4.78 is 2.17. The first-order valence-corrected chi connectivity index (χ1v) is 10.8. The van der Waals surface area contributed by atoms with Gasteiger partial charge in [0.2, 0.25) is 0 Å². The van der Waals surface area contributed by atoms with Gasteiger partial charge in [0, 0.05) is 6.54 Å². The molecule has 1 N–H and O–H groups in total. The molecule has 1 aromatic carbocycles. The standard InChI is InChI=1S/C24H32N4/c1-4-6-7-8-9-12-16-26-23-19(13-5-2)18(3)20(17-25)24-27-21-14-10-11-15-22(21)28(23)24/h10-11,14-15,26H,4-9,12-13,16H2,1-3H3. The predicted octanol–water partition coefficient (Wildman–Crippen LogP) is 6.39. The van der Waals surface area contributed by atoms with Gasteiger partial charge in [-0.25, -0.2) is 4.98 Å². The lowest BCUT2D eigenvalue weighted by Crippen LogP contribution is -2.12. The number of unbranched alkanes of at least 4 members (excludes halogenated alkanes) is 5. The quantitative estimate of drug-likeness (QED) is 0.417. The molecule has 0 aliphatic carbocycles. The van der Waals surface area contributed by atoms with Crippen molar-refractivity contribution < 1.29 is 0 Å². The molecular weight excluding hydrogens is 344 g/mol. The van der Waals surface area contributed by atoms with E-state index < -0.39 is 0 Å². The lowest BCUT2D eigenvalue weighted by molar-refractivity contribution is 0.616. The summed E-state index contributed by atoms with van der Waals surface area (Å²) in [6.45, 7) is 7.47. The van der Waals surface area contributed by atoms with E-state index in [0.717, 1.165) is 47.4 Å². The van der Waals surface area contributed by atoms with Crippen LogP contribution in [0.3, 0.4) is 0 Å². The summed E-state index contributed by atoms with van der Waals surface area (Å²) in [7, 11) is 0. The maximum Gasteiger partial charge on any atom is 0.157 e. The monoisotopic (exact) mass is 376 g/mol. The third kappa shape index (κ3) is 3.99. The molecule has 0 bridgehead atoms. The average Bonchev–Trinajstić information content (AvgIpc) is 3.08. The number of imidazole rings is 1. The van der Waals surface area contributed by atoms with Crippen LogP contribution in [0.5, 0.6) is 0 Å². The van der Waals surface area contributed by atoms with E-state index in [1.54, 1.807) is 0 Å². The molecule has 0 radical (unpaired) electrons. The Kier molecular flexibility index (Phi) is 6.92. The number of nitrogens with one attached hydrogen (secondary N) is 1. The molecule has 4 heteroatoms. The topological polar surface area (TPSA) is 53.1 Å². The fraction of sp³-hybridized carbons (Fsp3) is 0.500. The first kappa shape index (κ1) is 20.2. The number of fused-ring (bicyclic) bond motifs is 3. The molecule has 4 nitrogen and oxygen atoms in total. The van der Waals surface area contributed by atoms with Gasteiger partial charge in [-0.3, -0.25) is 4.40 Å². The smallest absolute Gasteiger partial charge is 0.157 e. The number of anilines is 1. The third-order valence-corrected chi connectivity index (χ3v) is 5.56. The summed E-state index contributed by atoms with van der Waals surface area (Å²) in [5, 5.41) is 13.5. The minimum Gasteiger partial charge on any atom is -0.371 e. The first-order valence-electron chi connectivity index (χ1n) is 10.8. The minimum absolute atomic E-state index is 0.699. The number of aromatic nitrogens is 2. The van der Waals surface area contributed by atoms with E-state index in [1.807, 2.05) is 18.2 Å². The Morgan fingerprint density at radius 3 is 2.54 bits per heavy atom. The van der Waals surface area contributed by atoms with Crippen molar-refractivity contribution in [2.75, 3.05) is 11.9 Å². The molecule has 0 aliphatic rings. The summed E-state index contributed by atoms with van der Waals surface area (Å²) >= 11 is 0. The highest BCUT2D eigenvalue weighted by Gasteiger charge is 2.19. The van der Waals surface area contributed by atoms with Crippen LogP contribution in [-0.4, -0.2) is 15.9 Å². The van der Waals surface area contributed by atoms with Gasteiger partial charge in [-0.05, 0) is 43.0 Å². The van der Waals surface area contributed by atoms with Gasteiger partial charge in [0.1, 0.15) is 11.9 Å². The van der Waals surface area contributed by atoms with Gasteiger partial charge < -0.3 is 5.32 Å². The summed E-state index contributed by atoms with van der Waals surface area (Å²) in [6, 6.07) is 10.6. The zero-order chi connectivity index (χ0) is 19.9. The number of para-hydroxylation sites is 2. The molecule has 3 rings (SSSR count). The van der Waals surface area contributed by atoms with Crippen LogP contribution < -0.4 is 5.32 Å². The molecule has 0 spiro atoms. The Bertz CT molecular complexity index is 978. The zero-order valence-corrected chi connectivity index (χ0v) is 17.5. The van der Waals surface area contributed by atoms with Crippen LogP contribution in [0.1, 0.15) is 75.5 Å². The molecule has 0 saturated carbocycles. The number of benzene rings is 1. The van der Waals surface area contributed by atoms with Crippen molar-refractivity contribution >= 4 is 22.5 Å². The Balaban J connectivity index is 1.99. The predicted molar refractivity (Wildman–Crippen MR) is 118 cm³/mol. The van der Waals surface area contributed by atoms with Crippen LogP contribution in [0.4, 0.5) is 5.82 Å². The van der Waals surface area contributed by atoms with Crippen molar-refractivity contribution in [3.05, 3.63) is 41.0 Å². The van der Waals surface area contributed by atoms with Crippen LogP contribution in [0.15, 0.2) is 24.3 Å². The summed E-state index contributed by atoms with van der Waals surface area (Å²) in [5.41, 5.74) is 5.79. The van der Waals surface area contributed by atoms with Crippen molar-refractivity contribution in [3.8, 4) is 6.07 Å². The van der Waals surface area contributed by atoms with E-state index in [0.29, 0.717) is 5.56 Å². The van der Waals surface area contributed by atoms with Gasteiger partial charge in [-0.15, -0.1) is 0 Å². The second-order valence-corrected chi connectivity index (χ2v) is 7.64. The van der Waals surface area contributed by atoms with Crippen molar-refractivity contribution in [1.29, 1.82) is 5.26 Å². The van der Waals surface area contributed by atoms with Crippen molar-refractivity contribution in [2.45, 2.75) is 72.1 Å². The van der Waals surface area contributed by atoms with E-state index in [-0.39, 0.29) is 0 Å². The second kappa shape index (κ2) is 9.59. The molecule has 0 atom stereocenters. The average molecular weight is 377 g/mol. The fourth-order valence-corrected chi connectivity index (χ4v) is 4.04. The van der Waals surface area contributed by atoms with Gasteiger partial charge >= 0.3 is 0 Å². The van der Waals surface area contributed by atoms with Crippen molar-refractivity contribution in [2.24, 2.45) is 0 Å². The Morgan fingerprint density at radius 1 is 1.04 bits per heavy atom. The molecule has 0 amide bonds. The normalized spacial score (nSPS) is 11.2. The lowest BCUT2D eigenvalue weighted by atomic mass is 10.0. The minimum atomic E-state index is 0.699. The summed E-state index contributed by atoms with van der Waals surface area (Å²) in [5.74, 6) is 1.12. The SMILES string of the molecule is CCCCCCCCNc1c(CCC)c(C)c(C#N)c2nc3ccccc3n12. The molecule has 148 valence electrons. The number of rotatable bonds is 10. The zero-order valence-electron chi connectivity index (χ0n) is 17.5. The lowest BCUT2D eigenvalue weighted by Gasteiger charge is -2.18. The second-order valence-electron chi connectivity index (χ2n) is 7.64. The van der Waals surface area contributed by atoms with E-state index in [2.05, 4.69) is 42.6 Å². The van der Waals surface area contributed by atoms with Crippen LogP contribution >= 0.6 is 0 Å². The molecule has 2 aromatic heterocycles. The van der Waals surface area contributed by atoms with Crippen LogP contribution in [0, 0.1) is 18.3 Å². The molecule has 0 fully saturated rings. The van der Waals surface area contributed by atoms with E-state index >= 15 is 0 Å². The third-order valence-electron chi connectivity index (χ3n) is 5.56. The molecule has 0 aliphatic heterocycles. The summed E-state index contributed by atoms with van der Waals surface area (Å²) in [4.78, 5) is 4.79. The molecule has 0 unspecified atom stereocenters. The number of hydrogen-bond donors (Lipinski definition) is 1. The van der Waals surface area contributed by atoms with Crippen molar-refractivity contribution in [1.82, 2.24) is 9.38 Å². The summed E-state index contributed by atoms with van der Waals surface area (Å²) in [6.07, 6.45) is 9.72. The van der Waals surface area contributed by atoms with E-state index in [4.69, 9.17) is 4.98 Å². The highest BCUT2D eigenvalue weighted by Crippen LogP contribution is 2.31. The van der Waals surface area contributed by atoms with Crippen LogP contribution in [-0.2, 0) is 6.42 Å². The molecule has 28 heavy (non-hydrogen) atoms. The number of nitriles is 1. The highest BCUT2D eigenvalue weighted by molar-refractivity contribution is 5.86. The van der Waals surface area contributed by atoms with E-state index in [9.17, 15) is 5.26 Å². The fourth-order valence-electron chi connectivity index (χ4n) is 4.04. The Hall–Kier alpha value is -2.54. The Morgan fingerprint density at radius 2 is 1.79 bits per heavy atom. The van der Waals surface area contributed by atoms with Crippen molar-refractivity contribution in [3.63, 3.8) is 0 Å². The number of nitrogens with zero attached hydrogens (tertiary/aromatic N) is 3. The van der Waals surface area contributed by atoms with Gasteiger partial charge in [-0.2, -0.15) is 5.26 Å². The largest absolute Gasteiger partial charge is 0.371 e. The van der Waals surface area contributed by atoms with Gasteiger partial charge in [-0.1, -0.05) is 64.5 Å². The Labute approximate surface area is 168 Å². The molecular formula is C24H32N4. The van der Waals surface area contributed by atoms with E-state index in [1.165, 1.54) is 44.1 Å². The maximum atomic E-state index is 9.82. The number of pyridine rings is 1. The highest BCUT2D eigenvalue weighted by atomic mass is 15.1.